The molecule has 1 amide bonds. The highest BCUT2D eigenvalue weighted by Crippen LogP contribution is 2.41. The lowest BCUT2D eigenvalue weighted by atomic mass is 10.0. The number of rotatable bonds is 5. The number of aromatic nitrogens is 1. The van der Waals surface area contributed by atoms with Crippen LogP contribution in [0.15, 0.2) is 30.5 Å². The molecule has 1 atom stereocenters. The second-order valence-electron chi connectivity index (χ2n) is 7.38. The van der Waals surface area contributed by atoms with Crippen molar-refractivity contribution in [1.82, 2.24) is 15.6 Å². The van der Waals surface area contributed by atoms with Crippen LogP contribution in [0.4, 0.5) is 0 Å². The lowest BCUT2D eigenvalue weighted by Crippen LogP contribution is -2.37. The van der Waals surface area contributed by atoms with Gasteiger partial charge in [-0.15, -0.1) is 11.3 Å². The largest absolute Gasteiger partial charge is 0.488 e. The van der Waals surface area contributed by atoms with Crippen molar-refractivity contribution in [3.05, 3.63) is 45.9 Å². The topological polar surface area (TPSA) is 63.2 Å². The molecule has 0 aliphatic carbocycles. The van der Waals surface area contributed by atoms with Gasteiger partial charge in [-0.25, -0.2) is 0 Å². The smallest absolute Gasteiger partial charge is 0.217 e. The molecule has 2 aromatic heterocycles. The summed E-state index contributed by atoms with van der Waals surface area (Å²) in [5, 5.41) is 6.95. The van der Waals surface area contributed by atoms with Gasteiger partial charge in [-0.1, -0.05) is 11.6 Å². The summed E-state index contributed by atoms with van der Waals surface area (Å²) in [6.45, 7) is 5.96. The molecule has 1 fully saturated rings. The molecule has 1 aliphatic heterocycles. The molecular formula is C22H24ClN3O2S. The number of hydrogen-bond acceptors (Lipinski definition) is 5. The maximum atomic E-state index is 11.3. The van der Waals surface area contributed by atoms with Crippen LogP contribution in [-0.2, 0) is 11.3 Å². The number of piperidine rings is 1. The van der Waals surface area contributed by atoms with Crippen LogP contribution in [0.2, 0.25) is 5.02 Å². The third-order valence-electron chi connectivity index (χ3n) is 5.04. The van der Waals surface area contributed by atoms with Crippen LogP contribution < -0.4 is 15.4 Å². The highest BCUT2D eigenvalue weighted by atomic mass is 35.5. The quantitative estimate of drug-likeness (QED) is 0.617. The molecule has 1 saturated heterocycles. The van der Waals surface area contributed by atoms with Crippen molar-refractivity contribution in [3.8, 4) is 16.9 Å². The SMILES string of the molecule is CC(=O)NCc1cc2nccc(-c3cc(Cl)cc(C)c3O[C@H]3CCCNC3)c2s1. The lowest BCUT2D eigenvalue weighted by Gasteiger charge is -2.26. The third kappa shape index (κ3) is 4.55. The van der Waals surface area contributed by atoms with Crippen molar-refractivity contribution in [2.24, 2.45) is 0 Å². The minimum absolute atomic E-state index is 0.0436. The molecule has 1 aromatic carbocycles. The van der Waals surface area contributed by atoms with E-state index in [4.69, 9.17) is 16.3 Å². The standard InChI is InChI=1S/C22H24ClN3O2S/c1-13-8-15(23)9-19(21(13)28-16-4-3-6-24-11-16)18-5-7-25-20-10-17(29-22(18)20)12-26-14(2)27/h5,7-10,16,24H,3-4,6,11-12H2,1-2H3,(H,26,27)/t16-/m0/s1. The van der Waals surface area contributed by atoms with Gasteiger partial charge >= 0.3 is 0 Å². The highest BCUT2D eigenvalue weighted by Gasteiger charge is 2.20. The van der Waals surface area contributed by atoms with Gasteiger partial charge in [-0.2, -0.15) is 0 Å². The van der Waals surface area contributed by atoms with E-state index in [-0.39, 0.29) is 12.0 Å². The van der Waals surface area contributed by atoms with Gasteiger partial charge in [0.05, 0.1) is 16.8 Å². The first kappa shape index (κ1) is 20.1. The van der Waals surface area contributed by atoms with Crippen LogP contribution in [0.5, 0.6) is 5.75 Å². The first-order valence-electron chi connectivity index (χ1n) is 9.81. The predicted octanol–water partition coefficient (Wildman–Crippen LogP) is 4.69. The Labute approximate surface area is 179 Å². The summed E-state index contributed by atoms with van der Waals surface area (Å²) in [4.78, 5) is 16.9. The molecule has 1 aliphatic rings. The summed E-state index contributed by atoms with van der Waals surface area (Å²) < 4.78 is 7.54. The molecule has 3 heterocycles. The fourth-order valence-corrected chi connectivity index (χ4v) is 5.03. The van der Waals surface area contributed by atoms with Gasteiger partial charge in [0, 0.05) is 40.7 Å². The van der Waals surface area contributed by atoms with E-state index in [2.05, 4.69) is 15.6 Å². The Morgan fingerprint density at radius 1 is 1.38 bits per heavy atom. The molecule has 2 N–H and O–H groups in total. The van der Waals surface area contributed by atoms with E-state index < -0.39 is 0 Å². The van der Waals surface area contributed by atoms with Crippen molar-refractivity contribution in [2.45, 2.75) is 39.3 Å². The van der Waals surface area contributed by atoms with E-state index in [1.807, 2.05) is 37.4 Å². The molecule has 0 bridgehead atoms. The van der Waals surface area contributed by atoms with Gasteiger partial charge in [0.15, 0.2) is 0 Å². The monoisotopic (exact) mass is 429 g/mol. The summed E-state index contributed by atoms with van der Waals surface area (Å²) in [5.41, 5.74) is 3.98. The zero-order valence-corrected chi connectivity index (χ0v) is 18.1. The number of aryl methyl sites for hydroxylation is 1. The first-order valence-corrected chi connectivity index (χ1v) is 11.0. The number of fused-ring (bicyclic) bond motifs is 1. The van der Waals surface area contributed by atoms with Gasteiger partial charge in [0.1, 0.15) is 11.9 Å². The van der Waals surface area contributed by atoms with Crippen LogP contribution in [0.25, 0.3) is 21.3 Å². The van der Waals surface area contributed by atoms with Crippen LogP contribution in [0, 0.1) is 6.92 Å². The fraction of sp³-hybridized carbons (Fsp3) is 0.364. The van der Waals surface area contributed by atoms with Gasteiger partial charge in [0.2, 0.25) is 5.91 Å². The zero-order valence-electron chi connectivity index (χ0n) is 16.5. The maximum absolute atomic E-state index is 11.3. The minimum atomic E-state index is -0.0436. The van der Waals surface area contributed by atoms with E-state index in [1.54, 1.807) is 11.3 Å². The van der Waals surface area contributed by atoms with E-state index in [0.29, 0.717) is 11.6 Å². The number of hydrogen-bond donors (Lipinski definition) is 2. The molecule has 29 heavy (non-hydrogen) atoms. The molecule has 0 saturated carbocycles. The lowest BCUT2D eigenvalue weighted by molar-refractivity contribution is -0.119. The molecule has 3 aromatic rings. The zero-order chi connectivity index (χ0) is 20.4. The number of amides is 1. The Hall–Kier alpha value is -2.15. The van der Waals surface area contributed by atoms with Crippen molar-refractivity contribution in [2.75, 3.05) is 13.1 Å². The Morgan fingerprint density at radius 2 is 2.24 bits per heavy atom. The number of carbonyl (C=O) groups excluding carboxylic acids is 1. The summed E-state index contributed by atoms with van der Waals surface area (Å²) >= 11 is 8.07. The Morgan fingerprint density at radius 3 is 3.00 bits per heavy atom. The molecule has 5 nitrogen and oxygen atoms in total. The number of nitrogens with one attached hydrogen (secondary N) is 2. The van der Waals surface area contributed by atoms with Gasteiger partial charge in [0.25, 0.3) is 0 Å². The fourth-order valence-electron chi connectivity index (χ4n) is 3.67. The van der Waals surface area contributed by atoms with Crippen LogP contribution in [0.1, 0.15) is 30.2 Å². The van der Waals surface area contributed by atoms with Crippen LogP contribution in [-0.4, -0.2) is 30.1 Å². The molecular weight excluding hydrogens is 406 g/mol. The van der Waals surface area contributed by atoms with E-state index in [1.165, 1.54) is 6.92 Å². The third-order valence-corrected chi connectivity index (χ3v) is 6.42. The average molecular weight is 430 g/mol. The van der Waals surface area contributed by atoms with E-state index >= 15 is 0 Å². The Bertz CT molecular complexity index is 1040. The normalized spacial score (nSPS) is 16.7. The van der Waals surface area contributed by atoms with Crippen LogP contribution >= 0.6 is 22.9 Å². The highest BCUT2D eigenvalue weighted by molar-refractivity contribution is 7.19. The number of nitrogens with zero attached hydrogens (tertiary/aromatic N) is 1. The summed E-state index contributed by atoms with van der Waals surface area (Å²) in [6.07, 6.45) is 4.12. The van der Waals surface area contributed by atoms with Crippen LogP contribution in [0.3, 0.4) is 0 Å². The van der Waals surface area contributed by atoms with Crippen molar-refractivity contribution < 1.29 is 9.53 Å². The van der Waals surface area contributed by atoms with Gasteiger partial charge < -0.3 is 15.4 Å². The Balaban J connectivity index is 1.77. The van der Waals surface area contributed by atoms with E-state index in [0.717, 1.165) is 63.5 Å². The molecule has 0 unspecified atom stereocenters. The summed E-state index contributed by atoms with van der Waals surface area (Å²) in [7, 11) is 0. The van der Waals surface area contributed by atoms with Crippen molar-refractivity contribution in [3.63, 3.8) is 0 Å². The predicted molar refractivity (Wildman–Crippen MR) is 119 cm³/mol. The number of pyridine rings is 1. The summed E-state index contributed by atoms with van der Waals surface area (Å²) in [6, 6.07) is 7.97. The maximum Gasteiger partial charge on any atom is 0.217 e. The number of ether oxygens (including phenoxy) is 1. The molecule has 0 radical (unpaired) electrons. The number of thiophene rings is 1. The molecule has 4 rings (SSSR count). The second kappa shape index (κ2) is 8.69. The number of carbonyl (C=O) groups is 1. The molecule has 0 spiro atoms. The Kier molecular flexibility index (Phi) is 6.04. The van der Waals surface area contributed by atoms with Crippen molar-refractivity contribution >= 4 is 39.1 Å². The van der Waals surface area contributed by atoms with Crippen molar-refractivity contribution in [1.29, 1.82) is 0 Å². The van der Waals surface area contributed by atoms with Gasteiger partial charge in [-0.05, 0) is 56.1 Å². The van der Waals surface area contributed by atoms with E-state index in [9.17, 15) is 4.79 Å². The minimum Gasteiger partial charge on any atom is -0.488 e. The second-order valence-corrected chi connectivity index (χ2v) is 8.95. The number of halogens is 1. The van der Waals surface area contributed by atoms with Gasteiger partial charge in [-0.3, -0.25) is 9.78 Å². The summed E-state index contributed by atoms with van der Waals surface area (Å²) in [5.74, 6) is 0.838. The number of benzene rings is 1. The average Bonchev–Trinajstić information content (AvgIpc) is 3.12. The molecule has 152 valence electrons. The first-order chi connectivity index (χ1) is 14.0. The molecule has 7 heteroatoms.